The van der Waals surface area contributed by atoms with Gasteiger partial charge in [0, 0.05) is 30.4 Å². The molecule has 1 aliphatic heterocycles. The Morgan fingerprint density at radius 1 is 1.10 bits per heavy atom. The van der Waals surface area contributed by atoms with E-state index >= 15 is 0 Å². The number of benzene rings is 2. The van der Waals surface area contributed by atoms with Crippen LogP contribution in [0.1, 0.15) is 35.2 Å². The average Bonchev–Trinajstić information content (AvgIpc) is 2.68. The highest BCUT2D eigenvalue weighted by Crippen LogP contribution is 2.25. The first-order valence-electron chi connectivity index (χ1n) is 9.21. The van der Waals surface area contributed by atoms with Crippen LogP contribution in [0.5, 0.6) is 5.75 Å². The summed E-state index contributed by atoms with van der Waals surface area (Å²) in [6, 6.07) is 8.91. The lowest BCUT2D eigenvalue weighted by Crippen LogP contribution is -2.30. The minimum atomic E-state index is -3.89. The lowest BCUT2D eigenvalue weighted by molar-refractivity contribution is 0.0977. The molecule has 1 N–H and O–H groups in total. The van der Waals surface area contributed by atoms with Crippen molar-refractivity contribution in [2.24, 2.45) is 0 Å². The van der Waals surface area contributed by atoms with Crippen molar-refractivity contribution in [3.8, 4) is 5.75 Å². The van der Waals surface area contributed by atoms with Crippen LogP contribution in [0.15, 0.2) is 36.4 Å². The van der Waals surface area contributed by atoms with Crippen LogP contribution >= 0.6 is 0 Å². The summed E-state index contributed by atoms with van der Waals surface area (Å²) in [5.74, 6) is -2.61. The Labute approximate surface area is 168 Å². The number of hydrogen-bond acceptors (Lipinski definition) is 5. The van der Waals surface area contributed by atoms with Crippen LogP contribution in [0.4, 0.5) is 14.5 Å². The topological polar surface area (TPSA) is 75.7 Å². The van der Waals surface area contributed by atoms with Gasteiger partial charge in [-0.25, -0.2) is 21.9 Å². The van der Waals surface area contributed by atoms with E-state index in [1.165, 1.54) is 6.42 Å². The minimum absolute atomic E-state index is 0.0817. The highest BCUT2D eigenvalue weighted by Gasteiger charge is 2.19. The van der Waals surface area contributed by atoms with Crippen LogP contribution in [0.25, 0.3) is 0 Å². The first-order valence-corrected chi connectivity index (χ1v) is 11.1. The number of hydrogen-bond donors (Lipinski definition) is 1. The molecule has 0 unspecified atom stereocenters. The molecule has 1 fully saturated rings. The molecule has 0 bridgehead atoms. The van der Waals surface area contributed by atoms with Crippen LogP contribution < -0.4 is 14.4 Å². The van der Waals surface area contributed by atoms with Crippen molar-refractivity contribution in [1.29, 1.82) is 0 Å². The number of rotatable bonds is 6. The molecule has 0 atom stereocenters. The predicted octanol–water partition coefficient (Wildman–Crippen LogP) is 3.22. The molecule has 1 saturated heterocycles. The summed E-state index contributed by atoms with van der Waals surface area (Å²) >= 11 is 0. The number of piperidine rings is 1. The Morgan fingerprint density at radius 3 is 2.52 bits per heavy atom. The highest BCUT2D eigenvalue weighted by atomic mass is 32.2. The van der Waals surface area contributed by atoms with Gasteiger partial charge >= 0.3 is 0 Å². The molecule has 3 rings (SSSR count). The normalized spacial score (nSPS) is 14.5. The van der Waals surface area contributed by atoms with Gasteiger partial charge in [-0.2, -0.15) is 0 Å². The van der Waals surface area contributed by atoms with Crippen molar-refractivity contribution in [2.75, 3.05) is 24.2 Å². The highest BCUT2D eigenvalue weighted by molar-refractivity contribution is 7.89. The third-order valence-electron chi connectivity index (χ3n) is 4.59. The number of nitrogens with zero attached hydrogens (tertiary/aromatic N) is 1. The summed E-state index contributed by atoms with van der Waals surface area (Å²) < 4.78 is 58.0. The monoisotopic (exact) mass is 424 g/mol. The van der Waals surface area contributed by atoms with Crippen molar-refractivity contribution in [2.45, 2.75) is 25.9 Å². The standard InChI is InChI=1S/C20H22F2N2O4S/c1-29(26,27)23-20(25)17-12-18(21)14(10-19(17)22)13-28-16-7-5-6-15(11-16)24-8-3-2-4-9-24/h5-7,10-12H,2-4,8-9,13H2,1H3,(H,23,25). The van der Waals surface area contributed by atoms with Gasteiger partial charge < -0.3 is 9.64 Å². The molecular formula is C20H22F2N2O4S. The second-order valence-electron chi connectivity index (χ2n) is 6.96. The van der Waals surface area contributed by atoms with Gasteiger partial charge in [-0.3, -0.25) is 4.79 Å². The summed E-state index contributed by atoms with van der Waals surface area (Å²) in [6.07, 6.45) is 4.23. The van der Waals surface area contributed by atoms with Gasteiger partial charge in [0.25, 0.3) is 5.91 Å². The Morgan fingerprint density at radius 2 is 1.83 bits per heavy atom. The summed E-state index contributed by atoms with van der Waals surface area (Å²) in [5, 5.41) is 0. The fourth-order valence-electron chi connectivity index (χ4n) is 3.18. The van der Waals surface area contributed by atoms with Crippen molar-refractivity contribution in [3.05, 3.63) is 59.2 Å². The maximum atomic E-state index is 14.3. The molecule has 1 heterocycles. The minimum Gasteiger partial charge on any atom is -0.489 e. The van der Waals surface area contributed by atoms with Gasteiger partial charge in [-0.15, -0.1) is 0 Å². The quantitative estimate of drug-likeness (QED) is 0.771. The van der Waals surface area contributed by atoms with Gasteiger partial charge in [0.1, 0.15) is 24.0 Å². The van der Waals surface area contributed by atoms with Gasteiger partial charge in [0.2, 0.25) is 10.0 Å². The molecule has 0 saturated carbocycles. The van der Waals surface area contributed by atoms with Crippen molar-refractivity contribution < 1.29 is 26.7 Å². The molecule has 2 aromatic rings. The van der Waals surface area contributed by atoms with Crippen LogP contribution in [0.3, 0.4) is 0 Å². The predicted molar refractivity (Wildman–Crippen MR) is 106 cm³/mol. The van der Waals surface area contributed by atoms with E-state index in [9.17, 15) is 22.0 Å². The van der Waals surface area contributed by atoms with Crippen molar-refractivity contribution in [3.63, 3.8) is 0 Å². The maximum absolute atomic E-state index is 14.3. The molecule has 1 aliphatic rings. The number of nitrogens with one attached hydrogen (secondary N) is 1. The summed E-state index contributed by atoms with van der Waals surface area (Å²) in [4.78, 5) is 14.0. The zero-order chi connectivity index (χ0) is 21.0. The molecule has 0 aliphatic carbocycles. The van der Waals surface area contributed by atoms with E-state index in [0.717, 1.165) is 43.9 Å². The average molecular weight is 424 g/mol. The Kier molecular flexibility index (Phi) is 6.36. The largest absolute Gasteiger partial charge is 0.489 e. The fraction of sp³-hybridized carbons (Fsp3) is 0.350. The van der Waals surface area contributed by atoms with Crippen LogP contribution in [0, 0.1) is 11.6 Å². The van der Waals surface area contributed by atoms with Gasteiger partial charge in [-0.1, -0.05) is 6.07 Å². The maximum Gasteiger partial charge on any atom is 0.267 e. The van der Waals surface area contributed by atoms with E-state index in [2.05, 4.69) is 4.90 Å². The van der Waals surface area contributed by atoms with E-state index in [-0.39, 0.29) is 12.2 Å². The smallest absolute Gasteiger partial charge is 0.267 e. The summed E-state index contributed by atoms with van der Waals surface area (Å²) in [6.45, 7) is 1.71. The van der Waals surface area contributed by atoms with E-state index in [1.54, 1.807) is 10.8 Å². The molecule has 2 aromatic carbocycles. The lowest BCUT2D eigenvalue weighted by atomic mass is 10.1. The number of anilines is 1. The Bertz CT molecular complexity index is 1010. The number of halogens is 2. The zero-order valence-corrected chi connectivity index (χ0v) is 16.8. The van der Waals surface area contributed by atoms with Gasteiger partial charge in [0.05, 0.1) is 11.8 Å². The van der Waals surface area contributed by atoms with Crippen LogP contribution in [-0.2, 0) is 16.6 Å². The van der Waals surface area contributed by atoms with Gasteiger partial charge in [0.15, 0.2) is 0 Å². The second-order valence-corrected chi connectivity index (χ2v) is 8.71. The van der Waals surface area contributed by atoms with E-state index in [4.69, 9.17) is 4.74 Å². The second kappa shape index (κ2) is 8.77. The van der Waals surface area contributed by atoms with Crippen molar-refractivity contribution in [1.82, 2.24) is 4.72 Å². The molecule has 156 valence electrons. The summed E-state index contributed by atoms with van der Waals surface area (Å²) in [7, 11) is -3.89. The first-order chi connectivity index (χ1) is 13.7. The molecular weight excluding hydrogens is 402 g/mol. The number of ether oxygens (including phenoxy) is 1. The Balaban J connectivity index is 1.71. The third-order valence-corrected chi connectivity index (χ3v) is 5.15. The number of carbonyl (C=O) groups is 1. The zero-order valence-electron chi connectivity index (χ0n) is 16.0. The SMILES string of the molecule is CS(=O)(=O)NC(=O)c1cc(F)c(COc2cccc(N3CCCCC3)c2)cc1F. The Hall–Kier alpha value is -2.68. The summed E-state index contributed by atoms with van der Waals surface area (Å²) in [5.41, 5.74) is 0.243. The molecule has 9 heteroatoms. The van der Waals surface area contributed by atoms with E-state index in [0.29, 0.717) is 11.8 Å². The van der Waals surface area contributed by atoms with Crippen LogP contribution in [-0.4, -0.2) is 33.7 Å². The molecule has 0 radical (unpaired) electrons. The molecule has 29 heavy (non-hydrogen) atoms. The van der Waals surface area contributed by atoms with Crippen molar-refractivity contribution >= 4 is 21.6 Å². The molecule has 6 nitrogen and oxygen atoms in total. The number of carbonyl (C=O) groups excluding carboxylic acids is 1. The van der Waals surface area contributed by atoms with E-state index < -0.39 is 33.1 Å². The fourth-order valence-corrected chi connectivity index (χ4v) is 3.63. The third kappa shape index (κ3) is 5.66. The number of amides is 1. The number of sulfonamides is 1. The first kappa shape index (κ1) is 21.0. The lowest BCUT2D eigenvalue weighted by Gasteiger charge is -2.29. The van der Waals surface area contributed by atoms with E-state index in [1.807, 2.05) is 18.2 Å². The van der Waals surface area contributed by atoms with Crippen LogP contribution in [0.2, 0.25) is 0 Å². The van der Waals surface area contributed by atoms with Gasteiger partial charge in [-0.05, 0) is 43.5 Å². The molecule has 0 spiro atoms. The molecule has 0 aromatic heterocycles. The molecule has 1 amide bonds.